The summed E-state index contributed by atoms with van der Waals surface area (Å²) in [6.07, 6.45) is 3.66. The molecule has 1 aromatic carbocycles. The van der Waals surface area contributed by atoms with Gasteiger partial charge in [-0.05, 0) is 62.6 Å². The molecule has 0 heterocycles. The third-order valence-electron chi connectivity index (χ3n) is 5.74. The number of carboxylic acid groups (broad SMARTS) is 3. The quantitative estimate of drug-likeness (QED) is 0.116. The van der Waals surface area contributed by atoms with Crippen LogP contribution in [0.4, 0.5) is 4.79 Å². The van der Waals surface area contributed by atoms with Gasteiger partial charge < -0.3 is 37.0 Å². The second-order valence-electron chi connectivity index (χ2n) is 9.01. The number of rotatable bonds is 19. The van der Waals surface area contributed by atoms with Crippen LogP contribution >= 0.6 is 15.9 Å². The van der Waals surface area contributed by atoms with Crippen molar-refractivity contribution in [1.82, 2.24) is 16.0 Å². The molecule has 0 radical (unpaired) electrons. The van der Waals surface area contributed by atoms with E-state index in [0.717, 1.165) is 23.7 Å². The Kier molecular flexibility index (Phi) is 15.7. The molecule has 0 aliphatic heterocycles. The van der Waals surface area contributed by atoms with E-state index in [2.05, 4.69) is 31.9 Å². The van der Waals surface area contributed by atoms with E-state index in [1.807, 2.05) is 24.3 Å². The highest BCUT2D eigenvalue weighted by Crippen LogP contribution is 2.13. The van der Waals surface area contributed by atoms with Gasteiger partial charge in [-0.3, -0.25) is 9.59 Å². The van der Waals surface area contributed by atoms with Crippen molar-refractivity contribution in [1.29, 1.82) is 0 Å². The van der Waals surface area contributed by atoms with E-state index in [1.165, 1.54) is 5.56 Å². The number of aliphatic carboxylic acids is 3. The predicted molar refractivity (Wildman–Crippen MR) is 143 cm³/mol. The summed E-state index contributed by atoms with van der Waals surface area (Å²) in [5.41, 5.74) is 7.35. The van der Waals surface area contributed by atoms with Crippen LogP contribution in [0.2, 0.25) is 0 Å². The second kappa shape index (κ2) is 18.1. The Labute approximate surface area is 229 Å². The molecular formula is C25H37BrN4O8. The molecule has 0 aliphatic rings. The zero-order chi connectivity index (χ0) is 28.5. The van der Waals surface area contributed by atoms with Crippen LogP contribution in [-0.2, 0) is 25.6 Å². The molecule has 0 aromatic heterocycles. The molecule has 212 valence electrons. The highest BCUT2D eigenvalue weighted by molar-refractivity contribution is 9.10. The van der Waals surface area contributed by atoms with E-state index in [0.29, 0.717) is 32.2 Å². The van der Waals surface area contributed by atoms with Crippen molar-refractivity contribution in [2.24, 2.45) is 5.73 Å². The van der Waals surface area contributed by atoms with E-state index < -0.39 is 42.4 Å². The molecule has 3 amide bonds. The number of nitrogens with two attached hydrogens (primary N) is 1. The van der Waals surface area contributed by atoms with Crippen molar-refractivity contribution < 1.29 is 39.3 Å². The number of urea groups is 1. The Bertz CT molecular complexity index is 928. The average Bonchev–Trinajstić information content (AvgIpc) is 2.84. The minimum Gasteiger partial charge on any atom is -0.481 e. The van der Waals surface area contributed by atoms with Gasteiger partial charge in [0.2, 0.25) is 5.91 Å². The number of hydrogen-bond acceptors (Lipinski definition) is 6. The SMILES string of the molecule is NC(CCCCC(=O)NCCCC[C@H](NC(=O)N[C@@H](CCC(=O)O)C(=O)O)C(=O)O)Cc1ccc(Br)cc1. The average molecular weight is 601 g/mol. The lowest BCUT2D eigenvalue weighted by Gasteiger charge is -2.18. The van der Waals surface area contributed by atoms with Crippen LogP contribution in [0, 0.1) is 0 Å². The number of nitrogens with one attached hydrogen (secondary N) is 3. The van der Waals surface area contributed by atoms with E-state index >= 15 is 0 Å². The summed E-state index contributed by atoms with van der Waals surface area (Å²) in [6, 6.07) is 4.30. The minimum atomic E-state index is -1.46. The van der Waals surface area contributed by atoms with Gasteiger partial charge in [0.15, 0.2) is 0 Å². The molecule has 3 atom stereocenters. The molecule has 0 spiro atoms. The monoisotopic (exact) mass is 600 g/mol. The second-order valence-corrected chi connectivity index (χ2v) is 9.93. The van der Waals surface area contributed by atoms with Crippen LogP contribution < -0.4 is 21.7 Å². The Morgan fingerprint density at radius 2 is 1.37 bits per heavy atom. The number of carbonyl (C=O) groups is 5. The van der Waals surface area contributed by atoms with Gasteiger partial charge in [-0.15, -0.1) is 0 Å². The van der Waals surface area contributed by atoms with Gasteiger partial charge >= 0.3 is 23.9 Å². The predicted octanol–water partition coefficient (Wildman–Crippen LogP) is 2.24. The Hall–Kier alpha value is -3.19. The molecular weight excluding hydrogens is 564 g/mol. The van der Waals surface area contributed by atoms with Crippen molar-refractivity contribution >= 4 is 45.8 Å². The maximum Gasteiger partial charge on any atom is 0.326 e. The lowest BCUT2D eigenvalue weighted by atomic mass is 10.0. The lowest BCUT2D eigenvalue weighted by molar-refractivity contribution is -0.140. The summed E-state index contributed by atoms with van der Waals surface area (Å²) in [5.74, 6) is -4.03. The first kappa shape index (κ1) is 32.8. The normalized spacial score (nSPS) is 13.1. The zero-order valence-corrected chi connectivity index (χ0v) is 22.7. The largest absolute Gasteiger partial charge is 0.481 e. The molecule has 0 saturated carbocycles. The Morgan fingerprint density at radius 1 is 0.789 bits per heavy atom. The Morgan fingerprint density at radius 3 is 1.95 bits per heavy atom. The fourth-order valence-electron chi connectivity index (χ4n) is 3.65. The van der Waals surface area contributed by atoms with Crippen LogP contribution in [0.15, 0.2) is 28.7 Å². The third kappa shape index (κ3) is 15.2. The first-order valence-corrected chi connectivity index (χ1v) is 13.3. The van der Waals surface area contributed by atoms with Gasteiger partial charge in [-0.2, -0.15) is 0 Å². The summed E-state index contributed by atoms with van der Waals surface area (Å²) in [6.45, 7) is 0.358. The van der Waals surface area contributed by atoms with Crippen LogP contribution in [0.5, 0.6) is 0 Å². The summed E-state index contributed by atoms with van der Waals surface area (Å²) in [4.78, 5) is 57.2. The van der Waals surface area contributed by atoms with Crippen molar-refractivity contribution in [3.05, 3.63) is 34.3 Å². The van der Waals surface area contributed by atoms with Gasteiger partial charge in [0, 0.05) is 29.9 Å². The minimum absolute atomic E-state index is 0.0249. The van der Waals surface area contributed by atoms with E-state index in [4.69, 9.17) is 15.9 Å². The van der Waals surface area contributed by atoms with Gasteiger partial charge in [0.25, 0.3) is 0 Å². The first-order chi connectivity index (χ1) is 18.0. The van der Waals surface area contributed by atoms with E-state index in [9.17, 15) is 29.1 Å². The smallest absolute Gasteiger partial charge is 0.326 e. The van der Waals surface area contributed by atoms with Crippen LogP contribution in [-0.4, -0.2) is 69.8 Å². The molecule has 0 fully saturated rings. The third-order valence-corrected chi connectivity index (χ3v) is 6.26. The molecule has 1 aromatic rings. The van der Waals surface area contributed by atoms with Crippen molar-refractivity contribution in [3.63, 3.8) is 0 Å². The molecule has 38 heavy (non-hydrogen) atoms. The molecule has 13 heteroatoms. The van der Waals surface area contributed by atoms with Gasteiger partial charge in [0.1, 0.15) is 12.1 Å². The number of carboxylic acids is 3. The molecule has 0 saturated heterocycles. The van der Waals surface area contributed by atoms with Crippen molar-refractivity contribution in [3.8, 4) is 0 Å². The van der Waals surface area contributed by atoms with Gasteiger partial charge in [0.05, 0.1) is 0 Å². The zero-order valence-electron chi connectivity index (χ0n) is 21.2. The molecule has 1 rings (SSSR count). The lowest BCUT2D eigenvalue weighted by Crippen LogP contribution is -2.51. The summed E-state index contributed by atoms with van der Waals surface area (Å²) in [7, 11) is 0. The number of carbonyl (C=O) groups excluding carboxylic acids is 2. The summed E-state index contributed by atoms with van der Waals surface area (Å²) < 4.78 is 1.02. The van der Waals surface area contributed by atoms with Crippen molar-refractivity contribution in [2.45, 2.75) is 82.3 Å². The van der Waals surface area contributed by atoms with Crippen LogP contribution in [0.1, 0.15) is 63.4 Å². The highest BCUT2D eigenvalue weighted by Gasteiger charge is 2.24. The maximum absolute atomic E-state index is 12.0. The van der Waals surface area contributed by atoms with Gasteiger partial charge in [-0.25, -0.2) is 14.4 Å². The first-order valence-electron chi connectivity index (χ1n) is 12.5. The molecule has 12 nitrogen and oxygen atoms in total. The van der Waals surface area contributed by atoms with Crippen LogP contribution in [0.25, 0.3) is 0 Å². The number of hydrogen-bond donors (Lipinski definition) is 7. The van der Waals surface area contributed by atoms with Crippen molar-refractivity contribution in [2.75, 3.05) is 6.54 Å². The molecule has 0 bridgehead atoms. The number of benzene rings is 1. The summed E-state index contributed by atoms with van der Waals surface area (Å²) in [5, 5.41) is 34.1. The molecule has 0 aliphatic carbocycles. The van der Waals surface area contributed by atoms with E-state index in [-0.39, 0.29) is 24.8 Å². The van der Waals surface area contributed by atoms with Crippen LogP contribution in [0.3, 0.4) is 0 Å². The maximum atomic E-state index is 12.0. The topological polar surface area (TPSA) is 208 Å². The number of unbranched alkanes of at least 4 members (excludes halogenated alkanes) is 2. The standard InChI is InChI=1S/C25H37BrN4O8/c26-17-10-8-16(9-11-17)15-18(27)5-1-2-7-21(31)28-14-4-3-6-19(23(34)35)29-25(38)30-20(24(36)37)12-13-22(32)33/h8-11,18-20H,1-7,12-15,27H2,(H,28,31)(H,32,33)(H,34,35)(H,36,37)(H2,29,30,38)/t18?,19-,20-/m0/s1. The fraction of sp³-hybridized carbons (Fsp3) is 0.560. The summed E-state index contributed by atoms with van der Waals surface area (Å²) >= 11 is 3.40. The molecule has 8 N–H and O–H groups in total. The number of amides is 3. The van der Waals surface area contributed by atoms with E-state index in [1.54, 1.807) is 0 Å². The number of halogens is 1. The molecule has 1 unspecified atom stereocenters. The highest BCUT2D eigenvalue weighted by atomic mass is 79.9. The Balaban J connectivity index is 2.21. The van der Waals surface area contributed by atoms with Gasteiger partial charge in [-0.1, -0.05) is 34.5 Å². The fourth-order valence-corrected chi connectivity index (χ4v) is 3.91.